The van der Waals surface area contributed by atoms with E-state index in [1.54, 1.807) is 13.8 Å². The molecule has 0 aliphatic carbocycles. The molecule has 4 atom stereocenters. The number of rotatable bonds is 18. The van der Waals surface area contributed by atoms with Crippen LogP contribution in [0.25, 0.3) is 0 Å². The van der Waals surface area contributed by atoms with Gasteiger partial charge in [0.1, 0.15) is 18.1 Å². The van der Waals surface area contributed by atoms with Gasteiger partial charge in [0, 0.05) is 13.1 Å². The number of aliphatic carboxylic acids is 2. The molecule has 0 fully saturated rings. The highest BCUT2D eigenvalue weighted by atomic mass is 16.4. The number of hydrogen-bond donors (Lipinski definition) is 10. The molecule has 0 aromatic heterocycles. The summed E-state index contributed by atoms with van der Waals surface area (Å²) < 4.78 is 0. The van der Waals surface area contributed by atoms with Crippen molar-refractivity contribution in [2.45, 2.75) is 70.1 Å². The van der Waals surface area contributed by atoms with E-state index in [1.807, 2.05) is 0 Å². The van der Waals surface area contributed by atoms with Crippen molar-refractivity contribution in [3.05, 3.63) is 0 Å². The van der Waals surface area contributed by atoms with Crippen molar-refractivity contribution in [3.63, 3.8) is 0 Å². The van der Waals surface area contributed by atoms with Crippen LogP contribution >= 0.6 is 0 Å². The van der Waals surface area contributed by atoms with E-state index in [0.717, 1.165) is 0 Å². The molecule has 0 aromatic rings. The van der Waals surface area contributed by atoms with Gasteiger partial charge in [-0.3, -0.25) is 29.2 Å². The normalized spacial score (nSPS) is 13.8. The molecule has 3 amide bonds. The van der Waals surface area contributed by atoms with Crippen molar-refractivity contribution in [2.24, 2.45) is 44.6 Å². The molecule has 0 bridgehead atoms. The zero-order valence-electron chi connectivity index (χ0n) is 21.6. The highest BCUT2D eigenvalue weighted by Gasteiger charge is 2.32. The second-order valence-electron chi connectivity index (χ2n) is 8.79. The predicted molar refractivity (Wildman–Crippen MR) is 138 cm³/mol. The third-order valence-electron chi connectivity index (χ3n) is 5.12. The number of carboxylic acid groups (broad SMARTS) is 2. The molecule has 0 heterocycles. The van der Waals surface area contributed by atoms with Crippen LogP contribution in [0.15, 0.2) is 9.98 Å². The quantitative estimate of drug-likeness (QED) is 0.0449. The van der Waals surface area contributed by atoms with Gasteiger partial charge < -0.3 is 54.8 Å². The third kappa shape index (κ3) is 14.4. The zero-order chi connectivity index (χ0) is 29.4. The van der Waals surface area contributed by atoms with Crippen LogP contribution in [0.2, 0.25) is 0 Å². The standard InChI is InChI=1S/C21H40N10O7/c1-10(2)15(18(36)30-13(19(37)38)6-4-8-28-21(25)26)31-17(35)12(5-3-7-27-20(23)24)29-16(34)11(22)9-14(32)33/h10-13,15H,3-9,22H2,1-2H3,(H,29,34)(H,30,36)(H,31,35)(H,32,33)(H,37,38)(H4,23,24,27)(H4,25,26,28). The minimum Gasteiger partial charge on any atom is -0.481 e. The summed E-state index contributed by atoms with van der Waals surface area (Å²) in [6.07, 6.45) is -0.0795. The van der Waals surface area contributed by atoms with E-state index >= 15 is 0 Å². The maximum atomic E-state index is 13.1. The monoisotopic (exact) mass is 544 g/mol. The Balaban J connectivity index is 5.52. The number of hydrogen-bond acceptors (Lipinski definition) is 8. The highest BCUT2D eigenvalue weighted by molar-refractivity contribution is 5.94. The zero-order valence-corrected chi connectivity index (χ0v) is 21.6. The smallest absolute Gasteiger partial charge is 0.326 e. The molecule has 15 N–H and O–H groups in total. The minimum absolute atomic E-state index is 0.0293. The van der Waals surface area contributed by atoms with Crippen LogP contribution in [-0.2, 0) is 24.0 Å². The first-order chi connectivity index (χ1) is 17.6. The first-order valence-corrected chi connectivity index (χ1v) is 11.9. The molecule has 0 radical (unpaired) electrons. The van der Waals surface area contributed by atoms with Gasteiger partial charge in [0.15, 0.2) is 11.9 Å². The van der Waals surface area contributed by atoms with Gasteiger partial charge >= 0.3 is 11.9 Å². The number of carboxylic acids is 2. The van der Waals surface area contributed by atoms with Crippen molar-refractivity contribution in [1.29, 1.82) is 0 Å². The van der Waals surface area contributed by atoms with E-state index in [0.29, 0.717) is 0 Å². The number of guanidine groups is 2. The molecule has 0 aliphatic heterocycles. The summed E-state index contributed by atoms with van der Waals surface area (Å²) in [6.45, 7) is 3.57. The summed E-state index contributed by atoms with van der Waals surface area (Å²) in [5.74, 6) is -5.77. The summed E-state index contributed by atoms with van der Waals surface area (Å²) in [6, 6.07) is -5.05. The lowest BCUT2D eigenvalue weighted by molar-refractivity contribution is -0.142. The van der Waals surface area contributed by atoms with E-state index in [2.05, 4.69) is 25.9 Å². The van der Waals surface area contributed by atoms with Gasteiger partial charge in [-0.15, -0.1) is 0 Å². The van der Waals surface area contributed by atoms with Gasteiger partial charge in [0.2, 0.25) is 17.7 Å². The Bertz CT molecular complexity index is 886. The largest absolute Gasteiger partial charge is 0.481 e. The van der Waals surface area contributed by atoms with Crippen LogP contribution in [0.5, 0.6) is 0 Å². The number of nitrogens with one attached hydrogen (secondary N) is 3. The summed E-state index contributed by atoms with van der Waals surface area (Å²) in [5, 5.41) is 25.6. The molecule has 0 aliphatic rings. The van der Waals surface area contributed by atoms with Gasteiger partial charge in [-0.25, -0.2) is 4.79 Å². The van der Waals surface area contributed by atoms with E-state index in [1.165, 1.54) is 0 Å². The Labute approximate surface area is 220 Å². The molecule has 216 valence electrons. The van der Waals surface area contributed by atoms with Gasteiger partial charge in [-0.2, -0.15) is 0 Å². The van der Waals surface area contributed by atoms with E-state index in [4.69, 9.17) is 33.8 Å². The first-order valence-electron chi connectivity index (χ1n) is 11.9. The molecular formula is C21H40N10O7. The van der Waals surface area contributed by atoms with Gasteiger partial charge in [0.25, 0.3) is 0 Å². The SMILES string of the molecule is CC(C)C(NC(=O)C(CCCN=C(N)N)NC(=O)C(N)CC(=O)O)C(=O)NC(CCCN=C(N)N)C(=O)O. The van der Waals surface area contributed by atoms with Gasteiger partial charge in [0.05, 0.1) is 12.5 Å². The van der Waals surface area contributed by atoms with Crippen molar-refractivity contribution < 1.29 is 34.2 Å². The average Bonchev–Trinajstić information content (AvgIpc) is 2.79. The summed E-state index contributed by atoms with van der Waals surface area (Å²) in [5.41, 5.74) is 26.6. The fraction of sp³-hybridized carbons (Fsp3) is 0.667. The van der Waals surface area contributed by atoms with E-state index < -0.39 is 66.2 Å². The molecule has 0 aromatic carbocycles. The third-order valence-corrected chi connectivity index (χ3v) is 5.12. The average molecular weight is 545 g/mol. The summed E-state index contributed by atoms with van der Waals surface area (Å²) >= 11 is 0. The van der Waals surface area contributed by atoms with Crippen LogP contribution in [0, 0.1) is 5.92 Å². The first kappa shape index (κ1) is 33.8. The van der Waals surface area contributed by atoms with Crippen LogP contribution in [0.4, 0.5) is 0 Å². The number of carbonyl (C=O) groups is 5. The van der Waals surface area contributed by atoms with Gasteiger partial charge in [-0.1, -0.05) is 13.8 Å². The maximum absolute atomic E-state index is 13.1. The van der Waals surface area contributed by atoms with Crippen LogP contribution in [0.1, 0.15) is 46.0 Å². The Kier molecular flexibility index (Phi) is 15.4. The number of aliphatic imine (C=N–C) groups is 2. The Hall–Kier alpha value is -4.15. The number of nitrogens with two attached hydrogens (primary N) is 5. The molecule has 17 nitrogen and oxygen atoms in total. The minimum atomic E-state index is -1.42. The van der Waals surface area contributed by atoms with E-state index in [-0.39, 0.29) is 50.7 Å². The molecular weight excluding hydrogens is 504 g/mol. The van der Waals surface area contributed by atoms with Crippen LogP contribution < -0.4 is 44.6 Å². The van der Waals surface area contributed by atoms with Crippen molar-refractivity contribution in [1.82, 2.24) is 16.0 Å². The second kappa shape index (κ2) is 17.3. The molecule has 17 heteroatoms. The van der Waals surface area contributed by atoms with Crippen molar-refractivity contribution in [3.8, 4) is 0 Å². The Morgan fingerprint density at radius 2 is 1.21 bits per heavy atom. The Morgan fingerprint density at radius 3 is 1.63 bits per heavy atom. The lowest BCUT2D eigenvalue weighted by Gasteiger charge is -2.27. The fourth-order valence-corrected chi connectivity index (χ4v) is 3.14. The highest BCUT2D eigenvalue weighted by Crippen LogP contribution is 2.08. The van der Waals surface area contributed by atoms with Crippen LogP contribution in [-0.4, -0.2) is 89.0 Å². The fourth-order valence-electron chi connectivity index (χ4n) is 3.14. The topological polar surface area (TPSA) is 317 Å². The second-order valence-corrected chi connectivity index (χ2v) is 8.79. The number of amides is 3. The van der Waals surface area contributed by atoms with Gasteiger partial charge in [-0.05, 0) is 31.6 Å². The molecule has 4 unspecified atom stereocenters. The lowest BCUT2D eigenvalue weighted by atomic mass is 10.0. The number of nitrogens with zero attached hydrogens (tertiary/aromatic N) is 2. The molecule has 0 rings (SSSR count). The molecule has 0 spiro atoms. The van der Waals surface area contributed by atoms with E-state index in [9.17, 15) is 29.1 Å². The molecule has 0 saturated heterocycles. The molecule has 38 heavy (non-hydrogen) atoms. The Morgan fingerprint density at radius 1 is 0.737 bits per heavy atom. The predicted octanol–water partition coefficient (Wildman–Crippen LogP) is -3.91. The summed E-state index contributed by atoms with van der Waals surface area (Å²) in [7, 11) is 0. The van der Waals surface area contributed by atoms with Crippen LogP contribution in [0.3, 0.4) is 0 Å². The number of carbonyl (C=O) groups excluding carboxylic acids is 3. The molecule has 0 saturated carbocycles. The van der Waals surface area contributed by atoms with Crippen molar-refractivity contribution >= 4 is 41.6 Å². The van der Waals surface area contributed by atoms with Crippen molar-refractivity contribution in [2.75, 3.05) is 13.1 Å². The lowest BCUT2D eigenvalue weighted by Crippen LogP contribution is -2.58. The maximum Gasteiger partial charge on any atom is 0.326 e. The summed E-state index contributed by atoms with van der Waals surface area (Å²) in [4.78, 5) is 68.4.